The minimum absolute atomic E-state index is 0.666. The molecule has 6 atom stereocenters. The van der Waals surface area contributed by atoms with E-state index in [0.29, 0.717) is 4.57 Å². The highest BCUT2D eigenvalue weighted by Gasteiger charge is 2.56. The molecule has 1 aromatic heterocycles. The number of hydrogen-bond donors (Lipinski definition) is 7. The van der Waals surface area contributed by atoms with Crippen molar-refractivity contribution in [2.24, 2.45) is 0 Å². The number of aromatic nitrogens is 2. The fourth-order valence-corrected chi connectivity index (χ4v) is 5.63. The Kier molecular flexibility index (Phi) is 7.88. The third-order valence-corrected chi connectivity index (χ3v) is 7.53. The quantitative estimate of drug-likeness (QED) is 0.142. The van der Waals surface area contributed by atoms with Gasteiger partial charge in [-0.1, -0.05) is 5.92 Å². The summed E-state index contributed by atoms with van der Waals surface area (Å²) in [4.78, 5) is 60.8. The van der Waals surface area contributed by atoms with Crippen molar-refractivity contribution in [1.82, 2.24) is 9.55 Å². The van der Waals surface area contributed by atoms with Gasteiger partial charge in [0.1, 0.15) is 12.2 Å². The van der Waals surface area contributed by atoms with Crippen LogP contribution < -0.4 is 11.2 Å². The van der Waals surface area contributed by atoms with Crippen molar-refractivity contribution in [1.29, 1.82) is 0 Å². The Morgan fingerprint density at radius 2 is 1.81 bits per heavy atom. The standard InChI is InChI=1S/C12H17N2O15P3/c1-2-4-12(18)9(16)7(27-10(12)14-5-3-8(15)13-11(14)17)6-26-31(22,23)29-32(24,25)28-30(19,20)21/h3,5,7,9-10,16,18H,6H2,1H3,(H,22,23)(H,24,25)(H,13,15,17)(H2,19,20,21)/t7-,9-,10-,12-/m1/s1. The molecule has 32 heavy (non-hydrogen) atoms. The second-order valence-corrected chi connectivity index (χ2v) is 10.5. The van der Waals surface area contributed by atoms with E-state index in [2.05, 4.69) is 25.0 Å². The molecule has 1 aliphatic heterocycles. The number of H-pyrrole nitrogens is 1. The molecule has 2 heterocycles. The number of hydrogen-bond acceptors (Lipinski definition) is 11. The smallest absolute Gasteiger partial charge is 0.386 e. The van der Waals surface area contributed by atoms with Crippen LogP contribution in [0.5, 0.6) is 0 Å². The Bertz CT molecular complexity index is 1180. The number of aliphatic hydroxyl groups is 2. The van der Waals surface area contributed by atoms with Crippen LogP contribution in [0.3, 0.4) is 0 Å². The van der Waals surface area contributed by atoms with Gasteiger partial charge in [-0.3, -0.25) is 18.9 Å². The number of nitrogens with zero attached hydrogens (tertiary/aromatic N) is 1. The van der Waals surface area contributed by atoms with Gasteiger partial charge in [-0.15, -0.1) is 5.92 Å². The summed E-state index contributed by atoms with van der Waals surface area (Å²) in [5.41, 5.74) is -4.32. The van der Waals surface area contributed by atoms with Crippen LogP contribution >= 0.6 is 23.5 Å². The Labute approximate surface area is 177 Å². The predicted octanol–water partition coefficient (Wildman–Crippen LogP) is -2.11. The van der Waals surface area contributed by atoms with Crippen LogP contribution in [0.25, 0.3) is 0 Å². The summed E-state index contributed by atoms with van der Waals surface area (Å²) >= 11 is 0. The van der Waals surface area contributed by atoms with Gasteiger partial charge in [-0.2, -0.15) is 8.62 Å². The number of nitrogens with one attached hydrogen (secondary N) is 1. The number of ether oxygens (including phenoxy) is 1. The Morgan fingerprint density at radius 1 is 1.19 bits per heavy atom. The zero-order valence-corrected chi connectivity index (χ0v) is 18.4. The number of rotatable bonds is 8. The van der Waals surface area contributed by atoms with Crippen LogP contribution in [0, 0.1) is 11.8 Å². The number of phosphoric ester groups is 1. The third kappa shape index (κ3) is 6.53. The maximum atomic E-state index is 12.0. The topological polar surface area (TPSA) is 264 Å². The molecule has 0 aliphatic carbocycles. The van der Waals surface area contributed by atoms with Gasteiger partial charge in [-0.05, 0) is 6.92 Å². The van der Waals surface area contributed by atoms with E-state index in [1.54, 1.807) is 0 Å². The zero-order chi connectivity index (χ0) is 24.5. The lowest BCUT2D eigenvalue weighted by atomic mass is 9.94. The molecule has 2 rings (SSSR count). The highest BCUT2D eigenvalue weighted by atomic mass is 31.3. The molecule has 0 saturated carbocycles. The lowest BCUT2D eigenvalue weighted by molar-refractivity contribution is -0.0762. The van der Waals surface area contributed by atoms with Gasteiger partial charge in [0, 0.05) is 12.3 Å². The largest absolute Gasteiger partial charge is 0.490 e. The van der Waals surface area contributed by atoms with Crippen LogP contribution in [0.4, 0.5) is 0 Å². The van der Waals surface area contributed by atoms with E-state index < -0.39 is 65.4 Å². The predicted molar refractivity (Wildman–Crippen MR) is 99.5 cm³/mol. The highest BCUT2D eigenvalue weighted by molar-refractivity contribution is 7.66. The molecule has 1 aromatic rings. The maximum absolute atomic E-state index is 12.0. The van der Waals surface area contributed by atoms with Crippen LogP contribution in [-0.4, -0.2) is 63.8 Å². The molecule has 0 spiro atoms. The average molecular weight is 522 g/mol. The summed E-state index contributed by atoms with van der Waals surface area (Å²) in [5.74, 6) is 4.52. The van der Waals surface area contributed by atoms with Crippen molar-refractivity contribution < 1.29 is 61.4 Å². The lowest BCUT2D eigenvalue weighted by Gasteiger charge is -2.26. The minimum Gasteiger partial charge on any atom is -0.386 e. The molecular formula is C12H17N2O15P3. The number of phosphoric acid groups is 3. The Morgan fingerprint density at radius 3 is 2.34 bits per heavy atom. The first kappa shape index (κ1) is 26.8. The molecule has 1 saturated heterocycles. The second kappa shape index (κ2) is 9.41. The van der Waals surface area contributed by atoms with Crippen molar-refractivity contribution in [3.63, 3.8) is 0 Å². The summed E-state index contributed by atoms with van der Waals surface area (Å²) in [7, 11) is -16.9. The Balaban J connectivity index is 2.24. The molecule has 0 radical (unpaired) electrons. The van der Waals surface area contributed by atoms with E-state index in [9.17, 15) is 38.4 Å². The molecule has 0 aromatic carbocycles. The monoisotopic (exact) mass is 522 g/mol. The van der Waals surface area contributed by atoms with E-state index in [0.717, 1.165) is 12.3 Å². The van der Waals surface area contributed by atoms with E-state index >= 15 is 0 Å². The van der Waals surface area contributed by atoms with E-state index in [1.807, 2.05) is 4.98 Å². The van der Waals surface area contributed by atoms with Gasteiger partial charge in [0.2, 0.25) is 0 Å². The summed E-state index contributed by atoms with van der Waals surface area (Å²) in [6.07, 6.45) is -4.52. The molecule has 1 fully saturated rings. The molecular weight excluding hydrogens is 505 g/mol. The van der Waals surface area contributed by atoms with Gasteiger partial charge in [-0.25, -0.2) is 18.5 Å². The molecule has 0 amide bonds. The minimum atomic E-state index is -5.77. The molecule has 0 bridgehead atoms. The summed E-state index contributed by atoms with van der Waals surface area (Å²) < 4.78 is 51.2. The average Bonchev–Trinajstić information content (AvgIpc) is 2.82. The SMILES string of the molecule is CC#C[C@@]1(O)[C@H](O)[C@@H](COP(=O)(O)OP(=O)(O)OP(=O)(O)O)O[C@H]1n1ccc(=O)[nH]c1=O. The molecule has 20 heteroatoms. The van der Waals surface area contributed by atoms with Crippen LogP contribution in [0.2, 0.25) is 0 Å². The van der Waals surface area contributed by atoms with Crippen LogP contribution in [0.1, 0.15) is 13.2 Å². The molecule has 2 unspecified atom stereocenters. The molecule has 7 N–H and O–H groups in total. The van der Waals surface area contributed by atoms with E-state index in [4.69, 9.17) is 19.4 Å². The van der Waals surface area contributed by atoms with Crippen molar-refractivity contribution in [3.05, 3.63) is 33.1 Å². The highest BCUT2D eigenvalue weighted by Crippen LogP contribution is 2.66. The normalized spacial score (nSPS) is 29.5. The molecule has 17 nitrogen and oxygen atoms in total. The van der Waals surface area contributed by atoms with Crippen molar-refractivity contribution in [2.45, 2.75) is 31.0 Å². The van der Waals surface area contributed by atoms with Gasteiger partial charge in [0.15, 0.2) is 11.8 Å². The van der Waals surface area contributed by atoms with Gasteiger partial charge in [0.05, 0.1) is 6.61 Å². The summed E-state index contributed by atoms with van der Waals surface area (Å²) in [6.45, 7) is 0.157. The molecule has 180 valence electrons. The Hall–Kier alpha value is -1.47. The van der Waals surface area contributed by atoms with Crippen LogP contribution in [-0.2, 0) is 31.6 Å². The molecule has 1 aliphatic rings. The fraction of sp³-hybridized carbons (Fsp3) is 0.500. The summed E-state index contributed by atoms with van der Waals surface area (Å²) in [6, 6.07) is 0.899. The maximum Gasteiger partial charge on any atom is 0.490 e. The first-order valence-corrected chi connectivity index (χ1v) is 12.6. The second-order valence-electron chi connectivity index (χ2n) is 6.08. The van der Waals surface area contributed by atoms with Gasteiger partial charge in [0.25, 0.3) is 5.56 Å². The van der Waals surface area contributed by atoms with Gasteiger partial charge >= 0.3 is 29.2 Å². The lowest BCUT2D eigenvalue weighted by Crippen LogP contribution is -2.48. The van der Waals surface area contributed by atoms with Gasteiger partial charge < -0.3 is 34.5 Å². The number of aromatic amines is 1. The summed E-state index contributed by atoms with van der Waals surface area (Å²) in [5, 5.41) is 21.2. The fourth-order valence-electron chi connectivity index (χ4n) is 2.60. The van der Waals surface area contributed by atoms with Crippen molar-refractivity contribution in [3.8, 4) is 11.8 Å². The van der Waals surface area contributed by atoms with E-state index in [1.165, 1.54) is 6.92 Å². The van der Waals surface area contributed by atoms with E-state index in [-0.39, 0.29) is 0 Å². The van der Waals surface area contributed by atoms with Crippen molar-refractivity contribution in [2.75, 3.05) is 6.61 Å². The third-order valence-electron chi connectivity index (χ3n) is 3.73. The first-order valence-electron chi connectivity index (χ1n) is 8.09. The number of aliphatic hydroxyl groups excluding tert-OH is 1. The zero-order valence-electron chi connectivity index (χ0n) is 15.7. The van der Waals surface area contributed by atoms with Crippen molar-refractivity contribution >= 4 is 23.5 Å². The van der Waals surface area contributed by atoms with Crippen LogP contribution in [0.15, 0.2) is 21.9 Å². The first-order chi connectivity index (χ1) is 14.5.